The van der Waals surface area contributed by atoms with Crippen LogP contribution in [0.4, 0.5) is 0 Å². The molecule has 0 amide bonds. The molecule has 0 bridgehead atoms. The maximum Gasteiger partial charge on any atom is 0.181 e. The van der Waals surface area contributed by atoms with Gasteiger partial charge in [-0.2, -0.15) is 0 Å². The van der Waals surface area contributed by atoms with Crippen molar-refractivity contribution in [1.82, 2.24) is 0 Å². The second-order valence-electron chi connectivity index (χ2n) is 16.6. The zero-order chi connectivity index (χ0) is 45.8. The molecule has 2 fully saturated rings. The number of thiophene rings is 4. The first-order valence-corrected chi connectivity index (χ1v) is 30.0. The lowest BCUT2D eigenvalue weighted by atomic mass is 10.1. The molecule has 0 spiro atoms. The second kappa shape index (κ2) is 14.8. The van der Waals surface area contributed by atoms with Gasteiger partial charge < -0.3 is 75.1 Å². The van der Waals surface area contributed by atoms with Crippen LogP contribution < -0.4 is 37.9 Å². The van der Waals surface area contributed by atoms with Crippen molar-refractivity contribution >= 4 is 97.9 Å². The van der Waals surface area contributed by atoms with Crippen molar-refractivity contribution in [2.45, 2.75) is 34.2 Å². The van der Waals surface area contributed by atoms with Crippen molar-refractivity contribution in [3.05, 3.63) is 31.0 Å². The van der Waals surface area contributed by atoms with Gasteiger partial charge in [-0.05, 0) is 33.1 Å². The van der Waals surface area contributed by atoms with Crippen molar-refractivity contribution in [2.75, 3.05) is 91.8 Å². The minimum absolute atomic E-state index is 0.0440. The van der Waals surface area contributed by atoms with Gasteiger partial charge in [-0.15, -0.1) is 45.3 Å². The van der Waals surface area contributed by atoms with Gasteiger partial charge in [-0.1, -0.05) is 23.5 Å². The van der Waals surface area contributed by atoms with Crippen LogP contribution in [-0.4, -0.2) is 135 Å². The second-order valence-corrected chi connectivity index (χ2v) is 30.3. The molecule has 26 heteroatoms. The van der Waals surface area contributed by atoms with E-state index in [1.807, 2.05) is 6.92 Å². The van der Waals surface area contributed by atoms with Crippen LogP contribution >= 0.6 is 68.9 Å². The molecule has 66 heavy (non-hydrogen) atoms. The summed E-state index contributed by atoms with van der Waals surface area (Å²) in [6.07, 6.45) is -0.826. The van der Waals surface area contributed by atoms with Crippen LogP contribution in [-0.2, 0) is 42.3 Å². The maximum absolute atomic E-state index is 14.9. The lowest BCUT2D eigenvalue weighted by molar-refractivity contribution is -0.0471. The number of rotatable bonds is 7. The number of hydrogen-bond acceptors (Lipinski definition) is 22. The molecule has 358 valence electrons. The maximum atomic E-state index is 14.9. The van der Waals surface area contributed by atoms with Crippen LogP contribution in [0.25, 0.3) is 29.3 Å². The van der Waals surface area contributed by atoms with Gasteiger partial charge in [-0.3, -0.25) is 8.42 Å². The van der Waals surface area contributed by atoms with Gasteiger partial charge in [0.1, 0.15) is 93.9 Å². The van der Waals surface area contributed by atoms with E-state index in [1.54, 1.807) is 0 Å². The highest BCUT2D eigenvalue weighted by molar-refractivity contribution is 8.27. The zero-order valence-corrected chi connectivity index (χ0v) is 41.9. The van der Waals surface area contributed by atoms with Crippen LogP contribution in [0, 0.1) is 6.92 Å². The van der Waals surface area contributed by atoms with Gasteiger partial charge >= 0.3 is 0 Å². The summed E-state index contributed by atoms with van der Waals surface area (Å²) in [6, 6.07) is 0. The van der Waals surface area contributed by atoms with Crippen LogP contribution in [0.5, 0.6) is 46.0 Å². The number of ether oxygens (including phenoxy) is 12. The Morgan fingerprint density at radius 2 is 0.864 bits per heavy atom. The van der Waals surface area contributed by atoms with E-state index in [0.29, 0.717) is 86.8 Å². The first-order valence-electron chi connectivity index (χ1n) is 20.6. The molecule has 4 atom stereocenters. The van der Waals surface area contributed by atoms with Gasteiger partial charge in [0.05, 0.1) is 57.2 Å². The molecule has 12 rings (SSSR count). The molecule has 0 aliphatic carbocycles. The Bertz CT molecular complexity index is 2940. The smallest absolute Gasteiger partial charge is 0.181 e. The Morgan fingerprint density at radius 1 is 0.485 bits per heavy atom. The standard InChI is InChI=1S/C40H42O18S8/c1-17-18-19(48-6-5-47-18)32(59-17)35-27-37(58-16-14-56-27)40(64-35,66(4,44,45)46)38-25-24(53-11-12-54-25)31(62-38)30-21-20(49-7-8-50-21)28(60-30)29-22-23(52-10-9-51-22)33(61-29)34-26-36(57-15-13-55-26)39(2,63-34)65(3,41,42)43/h36-37H,5-16H2,1-4H3,(H2,41,42,43)(H2,44,45,46)/p-2/t36?,37?,39-,40?/m0/s1. The number of aryl methyl sites for hydroxylation is 1. The summed E-state index contributed by atoms with van der Waals surface area (Å²) in [5.41, 5.74) is 0. The third-order valence-corrected chi connectivity index (χ3v) is 26.8. The Labute approximate surface area is 401 Å². The van der Waals surface area contributed by atoms with Crippen molar-refractivity contribution < 1.29 is 83.5 Å². The molecule has 0 saturated carbocycles. The summed E-state index contributed by atoms with van der Waals surface area (Å²) in [7, 11) is -11.6. The molecule has 4 aromatic heterocycles. The van der Waals surface area contributed by atoms with E-state index >= 15 is 0 Å². The van der Waals surface area contributed by atoms with Crippen LogP contribution in [0.2, 0.25) is 0 Å². The zero-order valence-electron chi connectivity index (χ0n) is 35.3. The van der Waals surface area contributed by atoms with Crippen molar-refractivity contribution in [3.8, 4) is 65.5 Å². The summed E-state index contributed by atoms with van der Waals surface area (Å²) < 4.78 is 151. The first kappa shape index (κ1) is 44.3. The van der Waals surface area contributed by atoms with Gasteiger partial charge in [-0.25, -0.2) is 0 Å². The normalized spacial score (nSPS) is 27.8. The fraction of sp³-hybridized carbons (Fsp3) is 0.500. The molecule has 2 N–H and O–H groups in total. The SMILES string of the molecule is Cc1sc(C2=C3OCCOC3C(c3sc(-c4sc(-c5sc(C6=C7OCCOC7[C@](C)(S(C)(=O)([O-])O)S6)c6c5OCCO6)c5c4OCCO5)c4c3OCCO4)(S(C)(=O)([O-])O)S2)c2c1OCCO2. The number of fused-ring (bicyclic) bond motifs is 6. The highest BCUT2D eigenvalue weighted by Gasteiger charge is 2.65. The first-order chi connectivity index (χ1) is 31.3. The molecule has 0 aromatic carbocycles. The molecule has 2 saturated heterocycles. The molecule has 8 aliphatic heterocycles. The molecular weight excluding hydrogens is 1020 g/mol. The summed E-state index contributed by atoms with van der Waals surface area (Å²) in [5, 5.41) is 0. The van der Waals surface area contributed by atoms with E-state index in [9.17, 15) is 26.6 Å². The predicted molar refractivity (Wildman–Crippen MR) is 249 cm³/mol. The van der Waals surface area contributed by atoms with E-state index < -0.39 is 39.6 Å². The van der Waals surface area contributed by atoms with Crippen LogP contribution in [0.15, 0.2) is 11.5 Å². The van der Waals surface area contributed by atoms with Crippen molar-refractivity contribution in [1.29, 1.82) is 0 Å². The monoisotopic (exact) mass is 1060 g/mol. The summed E-state index contributed by atoms with van der Waals surface area (Å²) in [5.74, 6) is 3.41. The van der Waals surface area contributed by atoms with Crippen molar-refractivity contribution in [3.63, 3.8) is 0 Å². The summed E-state index contributed by atoms with van der Waals surface area (Å²) >= 11 is 6.82. The van der Waals surface area contributed by atoms with Gasteiger partial charge in [0, 0.05) is 17.4 Å². The van der Waals surface area contributed by atoms with Gasteiger partial charge in [0.15, 0.2) is 50.1 Å². The quantitative estimate of drug-likeness (QED) is 0.190. The topological polar surface area (TPSA) is 231 Å². The fourth-order valence-corrected chi connectivity index (χ4v) is 21.4. The molecule has 12 heterocycles. The highest BCUT2D eigenvalue weighted by atomic mass is 32.3. The van der Waals surface area contributed by atoms with Gasteiger partial charge in [0.25, 0.3) is 0 Å². The number of sulfone groups is 2. The summed E-state index contributed by atoms with van der Waals surface area (Å²) in [6.45, 7) is 5.50. The highest BCUT2D eigenvalue weighted by Crippen LogP contribution is 2.73. The largest absolute Gasteiger partial charge is 0.769 e. The third-order valence-electron chi connectivity index (χ3n) is 12.1. The van der Waals surface area contributed by atoms with Crippen LogP contribution in [0.3, 0.4) is 0 Å². The lowest BCUT2D eigenvalue weighted by Crippen LogP contribution is -2.57. The molecule has 4 aromatic rings. The molecular formula is C40H40O18S8-2. The lowest BCUT2D eigenvalue weighted by Gasteiger charge is -2.55. The van der Waals surface area contributed by atoms with E-state index in [2.05, 4.69) is 0 Å². The Balaban J connectivity index is 1.03. The minimum atomic E-state index is -6.03. The molecule has 0 radical (unpaired) electrons. The average Bonchev–Trinajstić information content (AvgIpc) is 4.14. The van der Waals surface area contributed by atoms with E-state index in [0.717, 1.165) is 52.2 Å². The molecule has 8 aliphatic rings. The third kappa shape index (κ3) is 6.29. The number of hydrogen-bond donors (Lipinski definition) is 2. The Kier molecular flexibility index (Phi) is 9.91. The Hall–Kier alpha value is -2.96. The Morgan fingerprint density at radius 3 is 1.39 bits per heavy atom. The van der Waals surface area contributed by atoms with Crippen LogP contribution in [0.1, 0.15) is 26.4 Å². The van der Waals surface area contributed by atoms with E-state index in [-0.39, 0.29) is 94.0 Å². The van der Waals surface area contributed by atoms with Gasteiger partial charge in [0.2, 0.25) is 0 Å². The molecule has 3 unspecified atom stereocenters. The average molecular weight is 1070 g/mol. The predicted octanol–water partition coefficient (Wildman–Crippen LogP) is 7.00. The van der Waals surface area contributed by atoms with E-state index in [1.165, 1.54) is 40.9 Å². The summed E-state index contributed by atoms with van der Waals surface area (Å²) in [4.78, 5) is 5.05. The minimum Gasteiger partial charge on any atom is -0.769 e. The van der Waals surface area contributed by atoms with Crippen molar-refractivity contribution in [2.24, 2.45) is 0 Å². The fourth-order valence-electron chi connectivity index (χ4n) is 8.98. The molecule has 18 nitrogen and oxygen atoms in total. The number of thioether (sulfide) groups is 2. The van der Waals surface area contributed by atoms with E-state index in [4.69, 9.17) is 56.8 Å².